The monoisotopic (exact) mass is 346 g/mol. The van der Waals surface area contributed by atoms with E-state index in [2.05, 4.69) is 41.2 Å². The third-order valence-electron chi connectivity index (χ3n) is 4.54. The van der Waals surface area contributed by atoms with Gasteiger partial charge < -0.3 is 4.90 Å². The molecule has 0 saturated carbocycles. The van der Waals surface area contributed by atoms with Gasteiger partial charge in [0.05, 0.1) is 11.2 Å². The molecule has 0 radical (unpaired) electrons. The fraction of sp³-hybridized carbons (Fsp3) is 0.444. The lowest BCUT2D eigenvalue weighted by molar-refractivity contribution is -0.133. The topological polar surface area (TPSA) is 41.4 Å². The predicted molar refractivity (Wildman–Crippen MR) is 94.9 cm³/mol. The molecule has 0 spiro atoms. The number of aryl methyl sites for hydroxylation is 2. The molecule has 0 unspecified atom stereocenters. The van der Waals surface area contributed by atoms with Crippen molar-refractivity contribution in [2.24, 2.45) is 0 Å². The molecule has 0 N–H and O–H groups in total. The van der Waals surface area contributed by atoms with Crippen LogP contribution >= 0.6 is 11.6 Å². The van der Waals surface area contributed by atoms with E-state index >= 15 is 0 Å². The highest BCUT2D eigenvalue weighted by atomic mass is 35.5. The van der Waals surface area contributed by atoms with Crippen LogP contribution in [-0.4, -0.2) is 51.7 Å². The van der Waals surface area contributed by atoms with Crippen LogP contribution in [0.3, 0.4) is 0 Å². The zero-order valence-electron chi connectivity index (χ0n) is 14.0. The molecular formula is C18H23ClN4O. The minimum atomic E-state index is 0.192. The average Bonchev–Trinajstić information content (AvgIpc) is 3.01. The molecule has 0 aliphatic carbocycles. The summed E-state index contributed by atoms with van der Waals surface area (Å²) in [5.41, 5.74) is 2.70. The number of rotatable bonds is 5. The zero-order chi connectivity index (χ0) is 16.9. The molecule has 1 amide bonds. The second-order valence-electron chi connectivity index (χ2n) is 6.26. The minimum absolute atomic E-state index is 0.192. The fourth-order valence-electron chi connectivity index (χ4n) is 3.01. The van der Waals surface area contributed by atoms with E-state index in [1.807, 2.05) is 4.90 Å². The maximum absolute atomic E-state index is 12.3. The Labute approximate surface area is 147 Å². The second kappa shape index (κ2) is 7.81. The first kappa shape index (κ1) is 17.0. The summed E-state index contributed by atoms with van der Waals surface area (Å²) in [5.74, 6) is 0.192. The first-order chi connectivity index (χ1) is 11.6. The van der Waals surface area contributed by atoms with Gasteiger partial charge in [-0.15, -0.1) is 0 Å². The number of aromatic nitrogens is 2. The zero-order valence-corrected chi connectivity index (χ0v) is 14.7. The van der Waals surface area contributed by atoms with Crippen molar-refractivity contribution in [1.29, 1.82) is 0 Å². The molecular weight excluding hydrogens is 324 g/mol. The number of amides is 1. The predicted octanol–water partition coefficient (Wildman–Crippen LogP) is 2.58. The van der Waals surface area contributed by atoms with Crippen LogP contribution in [0.1, 0.15) is 17.5 Å². The molecule has 1 aliphatic rings. The summed E-state index contributed by atoms with van der Waals surface area (Å²) in [5, 5.41) is 4.71. The van der Waals surface area contributed by atoms with Crippen molar-refractivity contribution in [3.63, 3.8) is 0 Å². The summed E-state index contributed by atoms with van der Waals surface area (Å²) in [6, 6.07) is 8.49. The SMILES string of the molecule is Cc1ccccc1CN1CCN(C(=O)CCn2cc(Cl)cn2)CC1. The molecule has 6 heteroatoms. The lowest BCUT2D eigenvalue weighted by atomic mass is 10.1. The molecule has 2 aromatic rings. The first-order valence-corrected chi connectivity index (χ1v) is 8.72. The van der Waals surface area contributed by atoms with E-state index in [0.717, 1.165) is 32.7 Å². The summed E-state index contributed by atoms with van der Waals surface area (Å²) in [6.45, 7) is 7.13. The van der Waals surface area contributed by atoms with Crippen LogP contribution in [0.4, 0.5) is 0 Å². The molecule has 1 aromatic carbocycles. The Morgan fingerprint density at radius 2 is 1.96 bits per heavy atom. The molecule has 0 bridgehead atoms. The lowest BCUT2D eigenvalue weighted by Gasteiger charge is -2.35. The van der Waals surface area contributed by atoms with Gasteiger partial charge in [-0.2, -0.15) is 5.10 Å². The van der Waals surface area contributed by atoms with E-state index in [-0.39, 0.29) is 5.91 Å². The molecule has 3 rings (SSSR count). The van der Waals surface area contributed by atoms with Gasteiger partial charge in [0.1, 0.15) is 0 Å². The van der Waals surface area contributed by atoms with Gasteiger partial charge in [0.2, 0.25) is 5.91 Å². The van der Waals surface area contributed by atoms with Gasteiger partial charge in [-0.3, -0.25) is 14.4 Å². The third kappa shape index (κ3) is 4.36. The van der Waals surface area contributed by atoms with Crippen molar-refractivity contribution in [3.05, 3.63) is 52.8 Å². The van der Waals surface area contributed by atoms with Crippen LogP contribution in [0.5, 0.6) is 0 Å². The van der Waals surface area contributed by atoms with Gasteiger partial charge in [0.25, 0.3) is 0 Å². The van der Waals surface area contributed by atoms with E-state index < -0.39 is 0 Å². The Kier molecular flexibility index (Phi) is 5.53. The van der Waals surface area contributed by atoms with E-state index in [1.54, 1.807) is 17.1 Å². The molecule has 1 saturated heterocycles. The number of nitrogens with zero attached hydrogens (tertiary/aromatic N) is 4. The van der Waals surface area contributed by atoms with Crippen LogP contribution < -0.4 is 0 Å². The number of piperazine rings is 1. The largest absolute Gasteiger partial charge is 0.340 e. The van der Waals surface area contributed by atoms with Crippen molar-refractivity contribution in [2.45, 2.75) is 26.4 Å². The van der Waals surface area contributed by atoms with Gasteiger partial charge in [0, 0.05) is 51.9 Å². The van der Waals surface area contributed by atoms with Crippen LogP contribution in [0.25, 0.3) is 0 Å². The number of carbonyl (C=O) groups is 1. The Morgan fingerprint density at radius 1 is 1.21 bits per heavy atom. The minimum Gasteiger partial charge on any atom is -0.340 e. The number of benzene rings is 1. The number of hydrogen-bond acceptors (Lipinski definition) is 3. The van der Waals surface area contributed by atoms with Crippen molar-refractivity contribution in [3.8, 4) is 0 Å². The summed E-state index contributed by atoms with van der Waals surface area (Å²) in [4.78, 5) is 16.7. The van der Waals surface area contributed by atoms with Crippen molar-refractivity contribution < 1.29 is 4.79 Å². The molecule has 1 aromatic heterocycles. The molecule has 5 nitrogen and oxygen atoms in total. The van der Waals surface area contributed by atoms with Gasteiger partial charge >= 0.3 is 0 Å². The van der Waals surface area contributed by atoms with Gasteiger partial charge in [-0.05, 0) is 18.1 Å². The van der Waals surface area contributed by atoms with E-state index in [4.69, 9.17) is 11.6 Å². The van der Waals surface area contributed by atoms with Crippen molar-refractivity contribution in [2.75, 3.05) is 26.2 Å². The molecule has 1 aliphatic heterocycles. The molecule has 0 atom stereocenters. The lowest BCUT2D eigenvalue weighted by Crippen LogP contribution is -2.48. The number of carbonyl (C=O) groups excluding carboxylic acids is 1. The van der Waals surface area contributed by atoms with Crippen LogP contribution in [0.15, 0.2) is 36.7 Å². The fourth-order valence-corrected chi connectivity index (χ4v) is 3.17. The van der Waals surface area contributed by atoms with E-state index in [1.165, 1.54) is 11.1 Å². The normalized spacial score (nSPS) is 15.7. The number of halogens is 1. The van der Waals surface area contributed by atoms with Gasteiger partial charge in [-0.1, -0.05) is 35.9 Å². The standard InChI is InChI=1S/C18H23ClN4O/c1-15-4-2-3-5-16(15)13-21-8-10-22(11-9-21)18(24)6-7-23-14-17(19)12-20-23/h2-5,12,14H,6-11,13H2,1H3. The summed E-state index contributed by atoms with van der Waals surface area (Å²) in [7, 11) is 0. The maximum atomic E-state index is 12.3. The smallest absolute Gasteiger partial charge is 0.224 e. The van der Waals surface area contributed by atoms with Gasteiger partial charge in [0.15, 0.2) is 0 Å². The highest BCUT2D eigenvalue weighted by Gasteiger charge is 2.21. The Balaban J connectivity index is 1.44. The second-order valence-corrected chi connectivity index (χ2v) is 6.69. The summed E-state index contributed by atoms with van der Waals surface area (Å²) < 4.78 is 1.72. The first-order valence-electron chi connectivity index (χ1n) is 8.34. The molecule has 128 valence electrons. The Bertz CT molecular complexity index is 692. The quantitative estimate of drug-likeness (QED) is 0.835. The van der Waals surface area contributed by atoms with Crippen molar-refractivity contribution in [1.82, 2.24) is 19.6 Å². The molecule has 1 fully saturated rings. The Morgan fingerprint density at radius 3 is 2.62 bits per heavy atom. The molecule has 2 heterocycles. The molecule has 24 heavy (non-hydrogen) atoms. The van der Waals surface area contributed by atoms with Crippen LogP contribution in [0.2, 0.25) is 5.02 Å². The number of hydrogen-bond donors (Lipinski definition) is 0. The third-order valence-corrected chi connectivity index (χ3v) is 4.73. The van der Waals surface area contributed by atoms with Crippen LogP contribution in [0, 0.1) is 6.92 Å². The van der Waals surface area contributed by atoms with Crippen LogP contribution in [-0.2, 0) is 17.9 Å². The van der Waals surface area contributed by atoms with Gasteiger partial charge in [-0.25, -0.2) is 0 Å². The van der Waals surface area contributed by atoms with E-state index in [0.29, 0.717) is 18.0 Å². The summed E-state index contributed by atoms with van der Waals surface area (Å²) >= 11 is 5.83. The van der Waals surface area contributed by atoms with E-state index in [9.17, 15) is 4.79 Å². The van der Waals surface area contributed by atoms with Crippen molar-refractivity contribution >= 4 is 17.5 Å². The highest BCUT2D eigenvalue weighted by molar-refractivity contribution is 6.30. The average molecular weight is 347 g/mol. The maximum Gasteiger partial charge on any atom is 0.224 e. The highest BCUT2D eigenvalue weighted by Crippen LogP contribution is 2.13. The Hall–Kier alpha value is -1.85. The summed E-state index contributed by atoms with van der Waals surface area (Å²) in [6.07, 6.45) is 3.81.